The molecule has 1 aromatic carbocycles. The first-order valence-corrected chi connectivity index (χ1v) is 4.41. The first-order valence-electron chi connectivity index (χ1n) is 4.41. The van der Waals surface area contributed by atoms with Crippen LogP contribution in [-0.2, 0) is 0 Å². The van der Waals surface area contributed by atoms with Gasteiger partial charge in [0.25, 0.3) is 0 Å². The lowest BCUT2D eigenvalue weighted by molar-refractivity contribution is -1.07. The Morgan fingerprint density at radius 3 is 2.77 bits per heavy atom. The summed E-state index contributed by atoms with van der Waals surface area (Å²) in [5, 5.41) is 11.8. The first kappa shape index (κ1) is 8.50. The minimum absolute atomic E-state index is 0.240. The summed E-state index contributed by atoms with van der Waals surface area (Å²) in [4.78, 5) is 0. The number of hydrogen-bond donors (Lipinski definition) is 3. The molecule has 0 amide bonds. The SMILES string of the molecule is CC(C)N1N[NH+](O)c2ccccc21. The van der Waals surface area contributed by atoms with Crippen molar-refractivity contribution in [3.63, 3.8) is 0 Å². The lowest BCUT2D eigenvalue weighted by atomic mass is 10.2. The van der Waals surface area contributed by atoms with Gasteiger partial charge in [0.15, 0.2) is 0 Å². The van der Waals surface area contributed by atoms with Crippen molar-refractivity contribution in [2.45, 2.75) is 19.9 Å². The summed E-state index contributed by atoms with van der Waals surface area (Å²) in [5.41, 5.74) is 4.83. The normalized spacial score (nSPS) is 20.9. The maximum atomic E-state index is 9.56. The highest BCUT2D eigenvalue weighted by molar-refractivity contribution is 5.63. The fourth-order valence-corrected chi connectivity index (χ4v) is 1.53. The predicted molar refractivity (Wildman–Crippen MR) is 49.6 cm³/mol. The van der Waals surface area contributed by atoms with E-state index < -0.39 is 0 Å². The lowest BCUT2D eigenvalue weighted by Gasteiger charge is -2.19. The highest BCUT2D eigenvalue weighted by atomic mass is 16.6. The number of nitrogens with zero attached hydrogens (tertiary/aromatic N) is 1. The van der Waals surface area contributed by atoms with E-state index in [1.54, 1.807) is 0 Å². The molecule has 1 atom stereocenters. The Kier molecular flexibility index (Phi) is 1.95. The van der Waals surface area contributed by atoms with E-state index in [1.165, 1.54) is 0 Å². The summed E-state index contributed by atoms with van der Waals surface area (Å²) < 4.78 is 0. The summed E-state index contributed by atoms with van der Waals surface area (Å²) in [6.45, 7) is 4.14. The van der Waals surface area contributed by atoms with Crippen LogP contribution >= 0.6 is 0 Å². The van der Waals surface area contributed by atoms with Crippen molar-refractivity contribution in [3.05, 3.63) is 24.3 Å². The van der Waals surface area contributed by atoms with Crippen LogP contribution in [0.15, 0.2) is 24.3 Å². The second-order valence-corrected chi connectivity index (χ2v) is 3.44. The Morgan fingerprint density at radius 1 is 1.38 bits per heavy atom. The Morgan fingerprint density at radius 2 is 2.08 bits per heavy atom. The highest BCUT2D eigenvalue weighted by Gasteiger charge is 2.31. The Hall–Kier alpha value is -1.10. The number of anilines is 1. The summed E-state index contributed by atoms with van der Waals surface area (Å²) in [6, 6.07) is 8.10. The minimum Gasteiger partial charge on any atom is -0.253 e. The van der Waals surface area contributed by atoms with Crippen LogP contribution < -0.4 is 15.7 Å². The van der Waals surface area contributed by atoms with Crippen molar-refractivity contribution in [2.24, 2.45) is 0 Å². The summed E-state index contributed by atoms with van der Waals surface area (Å²) in [5.74, 6) is 0. The van der Waals surface area contributed by atoms with E-state index in [4.69, 9.17) is 0 Å². The quantitative estimate of drug-likeness (QED) is 0.580. The number of fused-ring (bicyclic) bond motifs is 1. The number of benzene rings is 1. The fraction of sp³-hybridized carbons (Fsp3) is 0.333. The molecule has 0 saturated carbocycles. The average molecular weight is 180 g/mol. The van der Waals surface area contributed by atoms with Gasteiger partial charge in [-0.25, -0.2) is 0 Å². The molecule has 0 radical (unpaired) electrons. The standard InChI is InChI=1S/C9H13N3O/c1-7(2)11-8-5-3-4-6-9(8)12(13)10-11/h3-7,10,13H,1-2H3/p+1. The van der Waals surface area contributed by atoms with Gasteiger partial charge in [-0.1, -0.05) is 17.3 Å². The zero-order chi connectivity index (χ0) is 9.42. The molecule has 1 aliphatic heterocycles. The number of para-hydroxylation sites is 2. The predicted octanol–water partition coefficient (Wildman–Crippen LogP) is 0.240. The second kappa shape index (κ2) is 2.99. The third kappa shape index (κ3) is 1.29. The van der Waals surface area contributed by atoms with Gasteiger partial charge >= 0.3 is 0 Å². The monoisotopic (exact) mass is 180 g/mol. The van der Waals surface area contributed by atoms with E-state index in [-0.39, 0.29) is 5.17 Å². The van der Waals surface area contributed by atoms with E-state index in [9.17, 15) is 5.21 Å². The van der Waals surface area contributed by atoms with Crippen molar-refractivity contribution in [2.75, 3.05) is 5.01 Å². The molecule has 1 aromatic rings. The van der Waals surface area contributed by atoms with Crippen molar-refractivity contribution in [3.8, 4) is 0 Å². The molecule has 0 saturated heterocycles. The largest absolute Gasteiger partial charge is 0.253 e. The van der Waals surface area contributed by atoms with Gasteiger partial charge in [0.1, 0.15) is 5.69 Å². The summed E-state index contributed by atoms with van der Waals surface area (Å²) >= 11 is 0. The van der Waals surface area contributed by atoms with Crippen LogP contribution in [0, 0.1) is 0 Å². The van der Waals surface area contributed by atoms with Gasteiger partial charge in [0.2, 0.25) is 5.69 Å². The van der Waals surface area contributed by atoms with Crippen molar-refractivity contribution in [1.29, 1.82) is 0 Å². The minimum atomic E-state index is 0.240. The second-order valence-electron chi connectivity index (χ2n) is 3.44. The van der Waals surface area contributed by atoms with Crippen LogP contribution in [0.3, 0.4) is 0 Å². The van der Waals surface area contributed by atoms with Gasteiger partial charge in [0.05, 0.1) is 0 Å². The van der Waals surface area contributed by atoms with E-state index in [0.29, 0.717) is 6.04 Å². The smallest absolute Gasteiger partial charge is 0.210 e. The molecule has 0 spiro atoms. The number of nitrogens with one attached hydrogen (secondary N) is 2. The van der Waals surface area contributed by atoms with E-state index in [0.717, 1.165) is 11.4 Å². The van der Waals surface area contributed by atoms with E-state index in [2.05, 4.69) is 19.4 Å². The molecule has 0 aromatic heterocycles. The molecule has 13 heavy (non-hydrogen) atoms. The van der Waals surface area contributed by atoms with Crippen molar-refractivity contribution >= 4 is 11.4 Å². The number of hydrogen-bond acceptors (Lipinski definition) is 3. The molecule has 1 aliphatic rings. The zero-order valence-corrected chi connectivity index (χ0v) is 7.78. The maximum absolute atomic E-state index is 9.56. The van der Waals surface area contributed by atoms with Crippen LogP contribution in [-0.4, -0.2) is 11.2 Å². The summed E-state index contributed by atoms with van der Waals surface area (Å²) in [7, 11) is 0. The molecule has 4 nitrogen and oxygen atoms in total. The highest BCUT2D eigenvalue weighted by Crippen LogP contribution is 2.24. The van der Waals surface area contributed by atoms with E-state index >= 15 is 0 Å². The number of hydrazine groups is 1. The third-order valence-electron chi connectivity index (χ3n) is 2.16. The van der Waals surface area contributed by atoms with Crippen LogP contribution in [0.2, 0.25) is 0 Å². The first-order chi connectivity index (χ1) is 6.20. The molecular weight excluding hydrogens is 166 g/mol. The Labute approximate surface area is 77.3 Å². The van der Waals surface area contributed by atoms with E-state index in [1.807, 2.05) is 29.3 Å². The molecule has 0 fully saturated rings. The number of rotatable bonds is 1. The molecule has 0 bridgehead atoms. The molecule has 1 heterocycles. The van der Waals surface area contributed by atoms with Gasteiger partial charge in [0, 0.05) is 12.1 Å². The van der Waals surface area contributed by atoms with Crippen LogP contribution in [0.4, 0.5) is 11.4 Å². The maximum Gasteiger partial charge on any atom is 0.210 e. The van der Waals surface area contributed by atoms with Gasteiger partial charge in [-0.3, -0.25) is 5.01 Å². The molecular formula is C9H14N3O+. The third-order valence-corrected chi connectivity index (χ3v) is 2.16. The summed E-state index contributed by atoms with van der Waals surface area (Å²) in [6.07, 6.45) is 0. The van der Waals surface area contributed by atoms with Crippen LogP contribution in [0.5, 0.6) is 0 Å². The molecule has 0 aliphatic carbocycles. The van der Waals surface area contributed by atoms with Gasteiger partial charge in [-0.05, 0) is 25.4 Å². The van der Waals surface area contributed by atoms with Crippen LogP contribution in [0.25, 0.3) is 0 Å². The van der Waals surface area contributed by atoms with Crippen molar-refractivity contribution in [1.82, 2.24) is 5.53 Å². The fourth-order valence-electron chi connectivity index (χ4n) is 1.53. The average Bonchev–Trinajstić information content (AvgIpc) is 2.45. The molecule has 3 N–H and O–H groups in total. The van der Waals surface area contributed by atoms with Crippen molar-refractivity contribution < 1.29 is 10.4 Å². The zero-order valence-electron chi connectivity index (χ0n) is 7.78. The van der Waals surface area contributed by atoms with Crippen LogP contribution in [0.1, 0.15) is 13.8 Å². The Bertz CT molecular complexity index is 313. The molecule has 4 heteroatoms. The van der Waals surface area contributed by atoms with Gasteiger partial charge in [-0.2, -0.15) is 5.21 Å². The Balaban J connectivity index is 2.41. The number of quaternary nitrogens is 1. The molecule has 2 rings (SSSR count). The van der Waals surface area contributed by atoms with Gasteiger partial charge < -0.3 is 0 Å². The molecule has 70 valence electrons. The topological polar surface area (TPSA) is 39.9 Å². The molecule has 1 unspecified atom stereocenters. The van der Waals surface area contributed by atoms with Gasteiger partial charge in [-0.15, -0.1) is 0 Å². The lowest BCUT2D eigenvalue weighted by Crippen LogP contribution is -3.11.